The van der Waals surface area contributed by atoms with Gasteiger partial charge in [-0.15, -0.1) is 0 Å². The van der Waals surface area contributed by atoms with Gasteiger partial charge in [0.15, 0.2) is 12.6 Å². The van der Waals surface area contributed by atoms with E-state index in [4.69, 9.17) is 14.2 Å². The van der Waals surface area contributed by atoms with E-state index in [1.54, 1.807) is 0 Å². The average Bonchev–Trinajstić information content (AvgIpc) is 2.55. The molecule has 0 aliphatic carbocycles. The second-order valence-electron chi connectivity index (χ2n) is 6.25. The Morgan fingerprint density at radius 1 is 1.04 bits per heavy atom. The zero-order valence-electron chi connectivity index (χ0n) is 13.8. The highest BCUT2D eigenvalue weighted by atomic mass is 16.7. The van der Waals surface area contributed by atoms with E-state index < -0.39 is 73.9 Å². The minimum absolute atomic E-state index is 0.550. The van der Waals surface area contributed by atoms with E-state index in [0.717, 1.165) is 0 Å². The van der Waals surface area contributed by atoms with E-state index in [9.17, 15) is 35.4 Å². The molecule has 2 fully saturated rings. The molecule has 0 spiro atoms. The first-order chi connectivity index (χ1) is 11.7. The Labute approximate surface area is 143 Å². The van der Waals surface area contributed by atoms with Gasteiger partial charge in [-0.3, -0.25) is 4.79 Å². The predicted octanol–water partition coefficient (Wildman–Crippen LogP) is -4.23. The maximum Gasteiger partial charge on any atom is 0.217 e. The van der Waals surface area contributed by atoms with Crippen LogP contribution in [0.3, 0.4) is 0 Å². The van der Waals surface area contributed by atoms with Gasteiger partial charge in [-0.25, -0.2) is 0 Å². The van der Waals surface area contributed by atoms with Crippen molar-refractivity contribution in [3.63, 3.8) is 0 Å². The number of aliphatic hydroxyl groups is 6. The summed E-state index contributed by atoms with van der Waals surface area (Å²) in [7, 11) is 0. The highest BCUT2D eigenvalue weighted by Gasteiger charge is 2.50. The number of carbonyl (C=O) groups is 1. The Morgan fingerprint density at radius 2 is 1.68 bits per heavy atom. The summed E-state index contributed by atoms with van der Waals surface area (Å²) in [6.07, 6.45) is -12.5. The van der Waals surface area contributed by atoms with Gasteiger partial charge in [0.05, 0.1) is 12.7 Å². The first-order valence-corrected chi connectivity index (χ1v) is 7.92. The normalized spacial score (nSPS) is 48.2. The van der Waals surface area contributed by atoms with Crippen LogP contribution in [0.2, 0.25) is 0 Å². The fourth-order valence-electron chi connectivity index (χ4n) is 2.91. The van der Waals surface area contributed by atoms with E-state index in [1.165, 1.54) is 13.8 Å². The second-order valence-corrected chi connectivity index (χ2v) is 6.25. The summed E-state index contributed by atoms with van der Waals surface area (Å²) >= 11 is 0. The molecule has 0 aromatic rings. The molecule has 2 aliphatic heterocycles. The second kappa shape index (κ2) is 8.20. The van der Waals surface area contributed by atoms with Crippen LogP contribution in [0.25, 0.3) is 0 Å². The molecule has 0 saturated carbocycles. The largest absolute Gasteiger partial charge is 0.394 e. The third kappa shape index (κ3) is 4.27. The van der Waals surface area contributed by atoms with Crippen molar-refractivity contribution in [3.8, 4) is 0 Å². The van der Waals surface area contributed by atoms with Crippen molar-refractivity contribution in [2.75, 3.05) is 6.61 Å². The molecule has 25 heavy (non-hydrogen) atoms. The lowest BCUT2D eigenvalue weighted by Gasteiger charge is -2.46. The number of nitrogens with one attached hydrogen (secondary N) is 1. The molecule has 0 unspecified atom stereocenters. The number of carbonyl (C=O) groups excluding carboxylic acids is 1. The van der Waals surface area contributed by atoms with Gasteiger partial charge in [0.1, 0.15) is 42.7 Å². The molecule has 1 amide bonds. The van der Waals surface area contributed by atoms with Crippen molar-refractivity contribution < 1.29 is 49.6 Å². The number of hydrogen-bond acceptors (Lipinski definition) is 10. The van der Waals surface area contributed by atoms with Crippen molar-refractivity contribution in [1.29, 1.82) is 0 Å². The molecule has 2 rings (SSSR count). The maximum atomic E-state index is 11.3. The van der Waals surface area contributed by atoms with Gasteiger partial charge in [0, 0.05) is 6.92 Å². The van der Waals surface area contributed by atoms with Crippen molar-refractivity contribution in [2.45, 2.75) is 75.2 Å². The average molecular weight is 367 g/mol. The number of amides is 1. The van der Waals surface area contributed by atoms with Crippen LogP contribution in [-0.2, 0) is 19.0 Å². The summed E-state index contributed by atoms with van der Waals surface area (Å²) in [5, 5.41) is 61.6. The predicted molar refractivity (Wildman–Crippen MR) is 78.8 cm³/mol. The van der Waals surface area contributed by atoms with Gasteiger partial charge < -0.3 is 50.2 Å². The van der Waals surface area contributed by atoms with Gasteiger partial charge in [-0.2, -0.15) is 0 Å². The van der Waals surface area contributed by atoms with Crippen molar-refractivity contribution in [3.05, 3.63) is 0 Å². The summed E-state index contributed by atoms with van der Waals surface area (Å²) in [6, 6.07) is -1.24. The SMILES string of the molecule is CC(=O)N[C@H]1[C@H](O[C@@H]2[C@H](O)[C@@H](O)[C@H](C)O[C@H]2O)O[C@H](CO)[C@@H](O)[C@@H]1O. The molecule has 11 heteroatoms. The number of hydrogen-bond donors (Lipinski definition) is 7. The van der Waals surface area contributed by atoms with Gasteiger partial charge >= 0.3 is 0 Å². The fourth-order valence-corrected chi connectivity index (χ4v) is 2.91. The van der Waals surface area contributed by atoms with Gasteiger partial charge in [0.2, 0.25) is 5.91 Å². The van der Waals surface area contributed by atoms with E-state index in [2.05, 4.69) is 5.32 Å². The molecule has 0 aromatic heterocycles. The Bertz CT molecular complexity index is 465. The Kier molecular flexibility index (Phi) is 6.70. The summed E-state index contributed by atoms with van der Waals surface area (Å²) in [6.45, 7) is 1.98. The lowest BCUT2D eigenvalue weighted by molar-refractivity contribution is -0.344. The molecule has 2 saturated heterocycles. The summed E-state index contributed by atoms with van der Waals surface area (Å²) in [5.74, 6) is -0.550. The highest BCUT2D eigenvalue weighted by molar-refractivity contribution is 5.73. The highest BCUT2D eigenvalue weighted by Crippen LogP contribution is 2.28. The van der Waals surface area contributed by atoms with E-state index >= 15 is 0 Å². The summed E-state index contributed by atoms with van der Waals surface area (Å²) in [5.41, 5.74) is 0. The van der Waals surface area contributed by atoms with Crippen molar-refractivity contribution >= 4 is 5.91 Å². The third-order valence-corrected chi connectivity index (χ3v) is 4.34. The van der Waals surface area contributed by atoms with Gasteiger partial charge in [-0.1, -0.05) is 0 Å². The number of rotatable bonds is 4. The first-order valence-electron chi connectivity index (χ1n) is 7.92. The molecule has 0 bridgehead atoms. The molecule has 11 nitrogen and oxygen atoms in total. The molecule has 146 valence electrons. The zero-order valence-corrected chi connectivity index (χ0v) is 13.8. The van der Waals surface area contributed by atoms with Crippen LogP contribution < -0.4 is 5.32 Å². The third-order valence-electron chi connectivity index (χ3n) is 4.34. The summed E-state index contributed by atoms with van der Waals surface area (Å²) in [4.78, 5) is 11.3. The summed E-state index contributed by atoms with van der Waals surface area (Å²) < 4.78 is 15.8. The standard InChI is InChI=1S/C14H25NO10/c1-4-8(18)11(21)12(13(22)23-4)25-14-7(15-5(2)17)10(20)9(19)6(3-16)24-14/h4,6-14,16,18-22H,3H2,1-2H3,(H,15,17)/t4-,6+,7+,8-,9+,10+,11+,12+,13+,14-/m0/s1. The lowest BCUT2D eigenvalue weighted by Crippen LogP contribution is -2.67. The van der Waals surface area contributed by atoms with Crippen LogP contribution in [0.4, 0.5) is 0 Å². The molecule has 2 heterocycles. The monoisotopic (exact) mass is 367 g/mol. The smallest absolute Gasteiger partial charge is 0.217 e. The van der Waals surface area contributed by atoms with Crippen molar-refractivity contribution in [1.82, 2.24) is 5.32 Å². The van der Waals surface area contributed by atoms with E-state index in [-0.39, 0.29) is 0 Å². The molecular weight excluding hydrogens is 342 g/mol. The lowest BCUT2D eigenvalue weighted by atomic mass is 9.96. The topological polar surface area (TPSA) is 178 Å². The van der Waals surface area contributed by atoms with Gasteiger partial charge in [0.25, 0.3) is 0 Å². The van der Waals surface area contributed by atoms with Crippen LogP contribution in [-0.4, -0.2) is 105 Å². The fraction of sp³-hybridized carbons (Fsp3) is 0.929. The molecule has 0 radical (unpaired) electrons. The van der Waals surface area contributed by atoms with Crippen LogP contribution in [0, 0.1) is 0 Å². The Hall–Kier alpha value is -0.890. The van der Waals surface area contributed by atoms with Crippen LogP contribution in [0.1, 0.15) is 13.8 Å². The zero-order chi connectivity index (χ0) is 18.9. The van der Waals surface area contributed by atoms with Crippen LogP contribution in [0.5, 0.6) is 0 Å². The quantitative estimate of drug-likeness (QED) is 0.257. The number of ether oxygens (including phenoxy) is 3. The molecule has 2 aliphatic rings. The Morgan fingerprint density at radius 3 is 2.24 bits per heavy atom. The Balaban J connectivity index is 2.19. The van der Waals surface area contributed by atoms with Crippen LogP contribution >= 0.6 is 0 Å². The van der Waals surface area contributed by atoms with Crippen molar-refractivity contribution in [2.24, 2.45) is 0 Å². The minimum Gasteiger partial charge on any atom is -0.394 e. The molecule has 0 aromatic carbocycles. The first kappa shape index (κ1) is 20.4. The van der Waals surface area contributed by atoms with Gasteiger partial charge in [-0.05, 0) is 6.92 Å². The molecule has 10 atom stereocenters. The van der Waals surface area contributed by atoms with E-state index in [1.807, 2.05) is 0 Å². The molecular formula is C14H25NO10. The van der Waals surface area contributed by atoms with E-state index in [0.29, 0.717) is 0 Å². The van der Waals surface area contributed by atoms with Crippen LogP contribution in [0.15, 0.2) is 0 Å². The maximum absolute atomic E-state index is 11.3. The molecule has 7 N–H and O–H groups in total. The number of aliphatic hydroxyl groups excluding tert-OH is 6. The minimum atomic E-state index is -1.61.